The van der Waals surface area contributed by atoms with Crippen LogP contribution in [0.5, 0.6) is 0 Å². The lowest BCUT2D eigenvalue weighted by atomic mass is 10.1. The van der Waals surface area contributed by atoms with Gasteiger partial charge in [-0.1, -0.05) is 6.42 Å². The third-order valence-corrected chi connectivity index (χ3v) is 8.89. The van der Waals surface area contributed by atoms with Crippen LogP contribution in [0, 0.1) is 6.92 Å². The van der Waals surface area contributed by atoms with Crippen LogP contribution in [-0.4, -0.2) is 98.8 Å². The predicted molar refractivity (Wildman–Crippen MR) is 141 cm³/mol. The number of aromatic nitrogens is 4. The topological polar surface area (TPSA) is 116 Å². The number of aliphatic hydroxyl groups is 1. The van der Waals surface area contributed by atoms with Gasteiger partial charge in [0.1, 0.15) is 6.17 Å². The molecule has 2 N–H and O–H groups in total. The van der Waals surface area contributed by atoms with Crippen LogP contribution in [-0.2, 0) is 16.6 Å². The van der Waals surface area contributed by atoms with Gasteiger partial charge in [0.15, 0.2) is 0 Å². The normalized spacial score (nSPS) is 22.3. The number of aryl methyl sites for hydroxylation is 1. The maximum Gasteiger partial charge on any atom is 0.223 e. The molecular weight excluding hydrogens is 497 g/mol. The van der Waals surface area contributed by atoms with Crippen LogP contribution in [0.25, 0.3) is 11.3 Å². The van der Waals surface area contributed by atoms with Crippen molar-refractivity contribution in [2.24, 2.45) is 0 Å². The molecule has 2 atom stereocenters. The highest BCUT2D eigenvalue weighted by Crippen LogP contribution is 2.25. The minimum Gasteiger partial charge on any atom is -0.389 e. The van der Waals surface area contributed by atoms with Crippen molar-refractivity contribution in [3.05, 3.63) is 24.2 Å². The first-order chi connectivity index (χ1) is 17.5. The number of hydrogen-bond donors (Lipinski definition) is 2. The van der Waals surface area contributed by atoms with Crippen LogP contribution in [0.2, 0.25) is 0 Å². The van der Waals surface area contributed by atoms with Gasteiger partial charge in [0.05, 0.1) is 35.8 Å². The van der Waals surface area contributed by atoms with Gasteiger partial charge in [-0.25, -0.2) is 22.8 Å². The molecule has 2 aliphatic rings. The Morgan fingerprint density at radius 2 is 1.95 bits per heavy atom. The molecule has 2 aromatic heterocycles. The van der Waals surface area contributed by atoms with Gasteiger partial charge in [-0.05, 0) is 71.7 Å². The summed E-state index contributed by atoms with van der Waals surface area (Å²) >= 11 is 0. The lowest BCUT2D eigenvalue weighted by molar-refractivity contribution is 0.0577. The minimum atomic E-state index is -3.49. The third-order valence-electron chi connectivity index (χ3n) is 6.96. The minimum absolute atomic E-state index is 0.0555. The van der Waals surface area contributed by atoms with Crippen molar-refractivity contribution in [2.75, 3.05) is 43.8 Å². The van der Waals surface area contributed by atoms with E-state index in [0.717, 1.165) is 30.8 Å². The van der Waals surface area contributed by atoms with Crippen molar-refractivity contribution in [2.45, 2.75) is 77.2 Å². The maximum absolute atomic E-state index is 15.1. The number of anilines is 1. The van der Waals surface area contributed by atoms with Gasteiger partial charge in [-0.2, -0.15) is 9.40 Å². The van der Waals surface area contributed by atoms with Crippen molar-refractivity contribution in [1.29, 1.82) is 0 Å². The highest BCUT2D eigenvalue weighted by atomic mass is 32.2. The van der Waals surface area contributed by atoms with Gasteiger partial charge in [0.25, 0.3) is 0 Å². The van der Waals surface area contributed by atoms with Crippen LogP contribution in [0.1, 0.15) is 51.5 Å². The molecular formula is C25H40FN7O3S. The van der Waals surface area contributed by atoms with Crippen molar-refractivity contribution >= 4 is 16.0 Å². The van der Waals surface area contributed by atoms with Crippen molar-refractivity contribution < 1.29 is 17.9 Å². The largest absolute Gasteiger partial charge is 0.389 e. The van der Waals surface area contributed by atoms with Crippen LogP contribution in [0.3, 0.4) is 0 Å². The number of sulfonamides is 1. The second-order valence-electron chi connectivity index (χ2n) is 10.9. The van der Waals surface area contributed by atoms with Crippen LogP contribution in [0.4, 0.5) is 10.3 Å². The van der Waals surface area contributed by atoms with Crippen LogP contribution >= 0.6 is 0 Å². The summed E-state index contributed by atoms with van der Waals surface area (Å²) in [6.45, 7) is 8.62. The number of nitrogens with zero attached hydrogens (tertiary/aromatic N) is 6. The Morgan fingerprint density at radius 3 is 2.65 bits per heavy atom. The number of hydrogen-bond acceptors (Lipinski definition) is 8. The van der Waals surface area contributed by atoms with Crippen LogP contribution in [0.15, 0.2) is 18.6 Å². The zero-order chi connectivity index (χ0) is 26.6. The summed E-state index contributed by atoms with van der Waals surface area (Å²) in [5, 5.41) is 17.4. The van der Waals surface area contributed by atoms with Gasteiger partial charge in [0.2, 0.25) is 16.0 Å². The van der Waals surface area contributed by atoms with Crippen LogP contribution < -0.4 is 5.32 Å². The highest BCUT2D eigenvalue weighted by Gasteiger charge is 2.35. The first-order valence-corrected chi connectivity index (χ1v) is 14.8. The summed E-state index contributed by atoms with van der Waals surface area (Å²) < 4.78 is 43.7. The van der Waals surface area contributed by atoms with Gasteiger partial charge >= 0.3 is 0 Å². The SMILES string of the molecule is Cc1cnc(N[C@H]2CCN(S(=O)(=O)CCCN3CCCCC3)C[C@H]2F)nc1-c1cnn(CC(C)(C)O)c1. The highest BCUT2D eigenvalue weighted by molar-refractivity contribution is 7.89. The molecule has 0 spiro atoms. The smallest absolute Gasteiger partial charge is 0.223 e. The van der Waals surface area contributed by atoms with E-state index in [1.807, 2.05) is 13.1 Å². The summed E-state index contributed by atoms with van der Waals surface area (Å²) in [6, 6.07) is -0.576. The molecule has 0 radical (unpaired) electrons. The summed E-state index contributed by atoms with van der Waals surface area (Å²) in [4.78, 5) is 11.2. The number of halogens is 1. The molecule has 0 saturated carbocycles. The quantitative estimate of drug-likeness (QED) is 0.475. The number of piperidine rings is 2. The molecule has 0 aliphatic carbocycles. The van der Waals surface area contributed by atoms with E-state index in [1.165, 1.54) is 23.6 Å². The second-order valence-corrected chi connectivity index (χ2v) is 13.0. The Kier molecular flexibility index (Phi) is 8.82. The molecule has 0 amide bonds. The predicted octanol–water partition coefficient (Wildman–Crippen LogP) is 2.45. The standard InChI is InChI=1S/C25H40FN7O3S/c1-19-14-27-24(30-23(19)20-15-28-32(16-20)18-25(2,3)34)29-22-8-12-33(17-21(22)26)37(35,36)13-7-11-31-9-5-4-6-10-31/h14-16,21-22,34H,4-13,17-18H2,1-3H3,(H,27,29,30)/t21-,22+/m1/s1. The number of rotatable bonds is 10. The van der Waals surface area contributed by atoms with E-state index in [9.17, 15) is 13.5 Å². The number of alkyl halides is 1. The molecule has 2 fully saturated rings. The Hall–Kier alpha value is -2.15. The molecule has 2 aliphatic heterocycles. The zero-order valence-electron chi connectivity index (χ0n) is 22.1. The van der Waals surface area contributed by atoms with E-state index in [2.05, 4.69) is 25.3 Å². The second kappa shape index (κ2) is 11.7. The van der Waals surface area contributed by atoms with E-state index in [-0.39, 0.29) is 18.8 Å². The first-order valence-electron chi connectivity index (χ1n) is 13.2. The molecule has 12 heteroatoms. The molecule has 0 unspecified atom stereocenters. The Balaban J connectivity index is 1.33. The Labute approximate surface area is 219 Å². The molecule has 206 valence electrons. The summed E-state index contributed by atoms with van der Waals surface area (Å²) in [5.41, 5.74) is 1.39. The molecule has 37 heavy (non-hydrogen) atoms. The molecule has 4 rings (SSSR count). The lowest BCUT2D eigenvalue weighted by Crippen LogP contribution is -2.50. The van der Waals surface area contributed by atoms with Crippen molar-refractivity contribution in [3.63, 3.8) is 0 Å². The average molecular weight is 538 g/mol. The van der Waals surface area contributed by atoms with Gasteiger partial charge in [0, 0.05) is 31.0 Å². The molecule has 0 bridgehead atoms. The Bertz CT molecular complexity index is 1150. The molecule has 2 saturated heterocycles. The fourth-order valence-electron chi connectivity index (χ4n) is 5.01. The molecule has 10 nitrogen and oxygen atoms in total. The van der Waals surface area contributed by atoms with E-state index in [4.69, 9.17) is 0 Å². The van der Waals surface area contributed by atoms with Crippen molar-refractivity contribution in [3.8, 4) is 11.3 Å². The fourth-order valence-corrected chi connectivity index (χ4v) is 6.52. The molecule has 2 aromatic rings. The third kappa shape index (κ3) is 7.68. The fraction of sp³-hybridized carbons (Fsp3) is 0.720. The number of nitrogens with one attached hydrogen (secondary N) is 1. The summed E-state index contributed by atoms with van der Waals surface area (Å²) in [6.07, 6.45) is 8.30. The first kappa shape index (κ1) is 27.9. The molecule has 0 aromatic carbocycles. The lowest BCUT2D eigenvalue weighted by Gasteiger charge is -2.34. The Morgan fingerprint density at radius 1 is 1.19 bits per heavy atom. The monoisotopic (exact) mass is 537 g/mol. The average Bonchev–Trinajstić information content (AvgIpc) is 3.28. The van der Waals surface area contributed by atoms with E-state index in [0.29, 0.717) is 31.0 Å². The van der Waals surface area contributed by atoms with E-state index >= 15 is 4.39 Å². The van der Waals surface area contributed by atoms with Crippen molar-refractivity contribution in [1.82, 2.24) is 29.0 Å². The van der Waals surface area contributed by atoms with Gasteiger partial charge < -0.3 is 15.3 Å². The van der Waals surface area contributed by atoms with E-state index < -0.39 is 27.8 Å². The maximum atomic E-state index is 15.1. The zero-order valence-corrected chi connectivity index (χ0v) is 22.9. The van der Waals surface area contributed by atoms with Gasteiger partial charge in [-0.15, -0.1) is 0 Å². The number of likely N-dealkylation sites (tertiary alicyclic amines) is 1. The van der Waals surface area contributed by atoms with Gasteiger partial charge in [-0.3, -0.25) is 4.68 Å². The van der Waals surface area contributed by atoms with E-state index in [1.54, 1.807) is 30.9 Å². The summed E-state index contributed by atoms with van der Waals surface area (Å²) in [7, 11) is -3.49. The molecule has 4 heterocycles. The summed E-state index contributed by atoms with van der Waals surface area (Å²) in [5.74, 6) is 0.348.